The Morgan fingerprint density at radius 2 is 1.55 bits per heavy atom. The molecule has 3 aromatic carbocycles. The third-order valence-electron chi connectivity index (χ3n) is 7.55. The maximum absolute atomic E-state index is 13.6. The summed E-state index contributed by atoms with van der Waals surface area (Å²) >= 11 is 0. The van der Waals surface area contributed by atoms with Gasteiger partial charge in [0.1, 0.15) is 0 Å². The summed E-state index contributed by atoms with van der Waals surface area (Å²) in [6.45, 7) is 11.2. The second-order valence-electron chi connectivity index (χ2n) is 11.3. The molecule has 0 aromatic heterocycles. The molecule has 3 aromatic rings. The summed E-state index contributed by atoms with van der Waals surface area (Å²) in [4.78, 5) is 31.4. The molecule has 0 aliphatic carbocycles. The molecule has 1 fully saturated rings. The molecule has 40 heavy (non-hydrogen) atoms. The van der Waals surface area contributed by atoms with Crippen LogP contribution in [0, 0.1) is 0 Å². The zero-order valence-electron chi connectivity index (χ0n) is 24.1. The van der Waals surface area contributed by atoms with Crippen molar-refractivity contribution in [3.05, 3.63) is 107 Å². The lowest BCUT2D eigenvalue weighted by molar-refractivity contribution is 0.0268. The Hall–Kier alpha value is -3.52. The smallest absolute Gasteiger partial charge is 0.335 e. The number of piperazine rings is 1. The minimum Gasteiger partial charge on any atom is -0.478 e. The van der Waals surface area contributed by atoms with Crippen molar-refractivity contribution in [3.63, 3.8) is 0 Å². The van der Waals surface area contributed by atoms with Crippen LogP contribution in [0.4, 0.5) is 0 Å². The highest BCUT2D eigenvalue weighted by Gasteiger charge is 2.33. The van der Waals surface area contributed by atoms with Gasteiger partial charge in [0.2, 0.25) is 0 Å². The molecule has 4 rings (SSSR count). The number of carboxylic acids is 1. The van der Waals surface area contributed by atoms with Crippen molar-refractivity contribution < 1.29 is 14.7 Å². The van der Waals surface area contributed by atoms with Crippen molar-refractivity contribution in [3.8, 4) is 0 Å². The Bertz CT molecular complexity index is 1250. The summed E-state index contributed by atoms with van der Waals surface area (Å²) in [5.41, 5.74) is 4.51. The van der Waals surface area contributed by atoms with E-state index in [0.29, 0.717) is 18.2 Å². The maximum Gasteiger partial charge on any atom is 0.335 e. The van der Waals surface area contributed by atoms with E-state index in [-0.39, 0.29) is 18.0 Å². The summed E-state index contributed by atoms with van der Waals surface area (Å²) in [6, 6.07) is 26.0. The van der Waals surface area contributed by atoms with E-state index in [9.17, 15) is 9.59 Å². The Kier molecular flexibility index (Phi) is 10.1. The van der Waals surface area contributed by atoms with Gasteiger partial charge in [-0.1, -0.05) is 54.6 Å². The third-order valence-corrected chi connectivity index (χ3v) is 7.55. The lowest BCUT2D eigenvalue weighted by Crippen LogP contribution is -2.58. The minimum absolute atomic E-state index is 0.0662. The molecule has 0 radical (unpaired) electrons. The largest absolute Gasteiger partial charge is 0.478 e. The molecule has 3 atom stereocenters. The fourth-order valence-corrected chi connectivity index (χ4v) is 5.72. The summed E-state index contributed by atoms with van der Waals surface area (Å²) in [5, 5.41) is 12.7. The first-order valence-corrected chi connectivity index (χ1v) is 14.1. The van der Waals surface area contributed by atoms with Crippen molar-refractivity contribution >= 4 is 11.9 Å². The number of aromatic carboxylic acids is 1. The molecule has 7 nitrogen and oxygen atoms in total. The number of hydrogen-bond donors (Lipinski definition) is 2. The van der Waals surface area contributed by atoms with Crippen molar-refractivity contribution in [1.82, 2.24) is 20.0 Å². The number of carboxylic acid groups (broad SMARTS) is 1. The van der Waals surface area contributed by atoms with Gasteiger partial charge in [0.05, 0.1) is 5.56 Å². The van der Waals surface area contributed by atoms with Crippen LogP contribution in [0.5, 0.6) is 0 Å². The molecule has 1 aliphatic heterocycles. The van der Waals surface area contributed by atoms with Gasteiger partial charge in [0.25, 0.3) is 5.91 Å². The first-order valence-electron chi connectivity index (χ1n) is 14.1. The monoisotopic (exact) mass is 542 g/mol. The topological polar surface area (TPSA) is 76.1 Å². The van der Waals surface area contributed by atoms with Crippen LogP contribution in [0.15, 0.2) is 78.9 Å². The van der Waals surface area contributed by atoms with Crippen LogP contribution < -0.4 is 5.32 Å². The molecule has 2 N–H and O–H groups in total. The fraction of sp³-hybridized carbons (Fsp3) is 0.394. The van der Waals surface area contributed by atoms with Crippen molar-refractivity contribution in [2.24, 2.45) is 0 Å². The van der Waals surface area contributed by atoms with Gasteiger partial charge in [-0.3, -0.25) is 9.69 Å². The summed E-state index contributed by atoms with van der Waals surface area (Å²) < 4.78 is 0. The van der Waals surface area contributed by atoms with E-state index < -0.39 is 5.97 Å². The number of hydrogen-bond acceptors (Lipinski definition) is 5. The zero-order valence-corrected chi connectivity index (χ0v) is 24.1. The second kappa shape index (κ2) is 13.7. The fourth-order valence-electron chi connectivity index (χ4n) is 5.72. The van der Waals surface area contributed by atoms with Gasteiger partial charge in [-0.25, -0.2) is 4.79 Å². The van der Waals surface area contributed by atoms with Crippen LogP contribution in [-0.2, 0) is 19.6 Å². The lowest BCUT2D eigenvalue weighted by Gasteiger charge is -2.44. The van der Waals surface area contributed by atoms with Gasteiger partial charge < -0.3 is 20.2 Å². The number of amides is 1. The van der Waals surface area contributed by atoms with Crippen LogP contribution in [0.25, 0.3) is 0 Å². The van der Waals surface area contributed by atoms with Crippen molar-refractivity contribution in [1.29, 1.82) is 0 Å². The average molecular weight is 543 g/mol. The molecule has 1 unspecified atom stereocenters. The molecular weight excluding hydrogens is 500 g/mol. The van der Waals surface area contributed by atoms with Crippen LogP contribution in [-0.4, -0.2) is 76.5 Å². The molecular formula is C33H42N4O3. The van der Waals surface area contributed by atoms with Gasteiger partial charge in [-0.05, 0) is 68.8 Å². The molecule has 212 valence electrons. The average Bonchev–Trinajstić information content (AvgIpc) is 2.92. The van der Waals surface area contributed by atoms with Crippen LogP contribution >= 0.6 is 0 Å². The van der Waals surface area contributed by atoms with E-state index in [0.717, 1.165) is 49.4 Å². The number of benzene rings is 3. The van der Waals surface area contributed by atoms with Gasteiger partial charge in [-0.15, -0.1) is 0 Å². The molecule has 1 saturated heterocycles. The Morgan fingerprint density at radius 3 is 2.20 bits per heavy atom. The standard InChI is InChI=1S/C33H42N4O3/c1-24(19-35(4)22-27-9-6-5-7-10-27)34-18-29-11-8-12-31(17-29)32(38)37-25(2)20-36(21-26(37)3)23-28-13-15-30(16-14-28)33(39)40/h5-17,24-26,34H,18-23H2,1-4H3,(H,39,40)/t24?,25-,26+. The summed E-state index contributed by atoms with van der Waals surface area (Å²) in [5.74, 6) is -0.843. The summed E-state index contributed by atoms with van der Waals surface area (Å²) in [6.07, 6.45) is 0. The molecule has 7 heteroatoms. The normalized spacial score (nSPS) is 18.6. The second-order valence-corrected chi connectivity index (χ2v) is 11.3. The number of carbonyl (C=O) groups is 2. The highest BCUT2D eigenvalue weighted by Crippen LogP contribution is 2.21. The molecule has 0 saturated carbocycles. The molecule has 1 amide bonds. The lowest BCUT2D eigenvalue weighted by atomic mass is 10.0. The van der Waals surface area contributed by atoms with Gasteiger partial charge in [-0.2, -0.15) is 0 Å². The van der Waals surface area contributed by atoms with Crippen LogP contribution in [0.1, 0.15) is 58.2 Å². The number of rotatable bonds is 11. The Balaban J connectivity index is 1.29. The molecule has 1 aliphatic rings. The first-order chi connectivity index (χ1) is 19.2. The summed E-state index contributed by atoms with van der Waals surface area (Å²) in [7, 11) is 2.14. The van der Waals surface area contributed by atoms with E-state index in [4.69, 9.17) is 5.11 Å². The number of nitrogens with one attached hydrogen (secondary N) is 1. The highest BCUT2D eigenvalue weighted by atomic mass is 16.4. The van der Waals surface area contributed by atoms with Crippen LogP contribution in [0.2, 0.25) is 0 Å². The molecule has 0 bridgehead atoms. The van der Waals surface area contributed by atoms with E-state index in [1.165, 1.54) is 5.56 Å². The molecule has 1 heterocycles. The minimum atomic E-state index is -0.915. The quantitative estimate of drug-likeness (QED) is 0.365. The predicted octanol–water partition coefficient (Wildman–Crippen LogP) is 4.73. The van der Waals surface area contributed by atoms with Crippen molar-refractivity contribution in [2.75, 3.05) is 26.7 Å². The van der Waals surface area contributed by atoms with Crippen molar-refractivity contribution in [2.45, 2.75) is 58.5 Å². The van der Waals surface area contributed by atoms with Gasteiger partial charge in [0.15, 0.2) is 0 Å². The van der Waals surface area contributed by atoms with E-state index >= 15 is 0 Å². The van der Waals surface area contributed by atoms with Gasteiger partial charge in [0, 0.05) is 63.0 Å². The number of carbonyl (C=O) groups excluding carboxylic acids is 1. The third kappa shape index (κ3) is 8.01. The SMILES string of the molecule is CC(CN(C)Cc1ccccc1)NCc1cccc(C(=O)N2[C@H](C)CN(Cc3ccc(C(=O)O)cc3)C[C@@H]2C)c1. The van der Waals surface area contributed by atoms with E-state index in [1.54, 1.807) is 12.1 Å². The Labute approximate surface area is 238 Å². The van der Waals surface area contributed by atoms with Gasteiger partial charge >= 0.3 is 5.97 Å². The number of likely N-dealkylation sites (N-methyl/N-ethyl adjacent to an activating group) is 1. The first kappa shape index (κ1) is 29.5. The van der Waals surface area contributed by atoms with E-state index in [2.05, 4.69) is 73.3 Å². The molecule has 0 spiro atoms. The highest BCUT2D eigenvalue weighted by molar-refractivity contribution is 5.95. The van der Waals surface area contributed by atoms with E-state index in [1.807, 2.05) is 41.3 Å². The zero-order chi connectivity index (χ0) is 28.6. The Morgan fingerprint density at radius 1 is 0.900 bits per heavy atom. The number of nitrogens with zero attached hydrogens (tertiary/aromatic N) is 3. The maximum atomic E-state index is 13.6. The predicted molar refractivity (Wildman–Crippen MR) is 159 cm³/mol. The van der Waals surface area contributed by atoms with Crippen LogP contribution in [0.3, 0.4) is 0 Å².